The summed E-state index contributed by atoms with van der Waals surface area (Å²) in [6.07, 6.45) is 0. The summed E-state index contributed by atoms with van der Waals surface area (Å²) < 4.78 is 21.6. The van der Waals surface area contributed by atoms with Crippen LogP contribution in [0.1, 0.15) is 16.7 Å². The van der Waals surface area contributed by atoms with Gasteiger partial charge in [-0.15, -0.1) is 0 Å². The first-order chi connectivity index (χ1) is 13.2. The van der Waals surface area contributed by atoms with E-state index < -0.39 is 0 Å². The van der Waals surface area contributed by atoms with Crippen molar-refractivity contribution < 1.29 is 9.47 Å². The third-order valence-corrected chi connectivity index (χ3v) is 5.82. The van der Waals surface area contributed by atoms with Gasteiger partial charge < -0.3 is 15.2 Å². The van der Waals surface area contributed by atoms with Crippen LogP contribution in [0.5, 0.6) is 11.5 Å². The van der Waals surface area contributed by atoms with E-state index in [1.807, 2.05) is 18.2 Å². The second kappa shape index (κ2) is 5.20. The van der Waals surface area contributed by atoms with E-state index in [1.165, 1.54) is 22.9 Å². The van der Waals surface area contributed by atoms with E-state index in [0.717, 1.165) is 56.0 Å². The Morgan fingerprint density at radius 2 is 1.44 bits per heavy atom. The van der Waals surface area contributed by atoms with Crippen LogP contribution in [0.25, 0.3) is 33.3 Å². The molecule has 1 aromatic heterocycles. The third kappa shape index (κ3) is 1.99. The van der Waals surface area contributed by atoms with Gasteiger partial charge in [-0.05, 0) is 41.3 Å². The number of hydrogen-bond donors (Lipinski definition) is 1. The maximum Gasteiger partial charge on any atom is 0.172 e. The lowest BCUT2D eigenvalue weighted by Gasteiger charge is -2.28. The number of ether oxygens (including phenoxy) is 2. The Morgan fingerprint density at radius 3 is 2.11 bits per heavy atom. The lowest BCUT2D eigenvalue weighted by atomic mass is 9.88. The van der Waals surface area contributed by atoms with Crippen LogP contribution in [0.15, 0.2) is 36.4 Å². The Hall–Kier alpha value is -3.12. The molecule has 6 rings (SSSR count). The van der Waals surface area contributed by atoms with Crippen molar-refractivity contribution in [2.75, 3.05) is 5.73 Å². The summed E-state index contributed by atoms with van der Waals surface area (Å²) in [7, 11) is 0. The number of anilines is 1. The summed E-state index contributed by atoms with van der Waals surface area (Å²) in [5.74, 6) is 1.53. The number of nitrogens with two attached hydrogens (primary N) is 1. The van der Waals surface area contributed by atoms with Gasteiger partial charge >= 0.3 is 0 Å². The number of fused-ring (bicyclic) bond motifs is 10. The van der Waals surface area contributed by atoms with Gasteiger partial charge in [0.05, 0.1) is 22.9 Å². The van der Waals surface area contributed by atoms with Gasteiger partial charge in [0.25, 0.3) is 0 Å². The molecular weight excluding hydrogens is 358 g/mol. The second-order valence-corrected chi connectivity index (χ2v) is 7.55. The van der Waals surface area contributed by atoms with Crippen molar-refractivity contribution in [1.82, 2.24) is 8.75 Å². The molecule has 0 amide bonds. The van der Waals surface area contributed by atoms with Gasteiger partial charge in [-0.3, -0.25) is 0 Å². The van der Waals surface area contributed by atoms with Crippen LogP contribution in [0.3, 0.4) is 0 Å². The highest BCUT2D eigenvalue weighted by Crippen LogP contribution is 2.55. The van der Waals surface area contributed by atoms with E-state index in [4.69, 9.17) is 15.2 Å². The van der Waals surface area contributed by atoms with E-state index in [-0.39, 0.29) is 0 Å². The third-order valence-electron chi connectivity index (χ3n) is 5.30. The van der Waals surface area contributed by atoms with Crippen LogP contribution in [-0.2, 0) is 13.2 Å². The summed E-state index contributed by atoms with van der Waals surface area (Å²) in [5.41, 5.74) is 16.0. The molecule has 3 aromatic carbocycles. The van der Waals surface area contributed by atoms with E-state index in [0.29, 0.717) is 13.2 Å². The molecule has 0 bridgehead atoms. The number of nitrogens with zero attached hydrogens (tertiary/aromatic N) is 2. The van der Waals surface area contributed by atoms with Crippen molar-refractivity contribution in [3.63, 3.8) is 0 Å². The molecule has 2 N–H and O–H groups in total. The molecule has 0 saturated carbocycles. The number of aryl methyl sites for hydroxylation is 1. The molecule has 0 saturated heterocycles. The van der Waals surface area contributed by atoms with Gasteiger partial charge in [-0.2, -0.15) is 8.75 Å². The van der Waals surface area contributed by atoms with E-state index in [2.05, 4.69) is 33.9 Å². The minimum Gasteiger partial charge on any atom is -0.484 e. The number of hydrogen-bond acceptors (Lipinski definition) is 6. The van der Waals surface area contributed by atoms with E-state index in [9.17, 15) is 0 Å². The Morgan fingerprint density at radius 1 is 0.852 bits per heavy atom. The zero-order valence-electron chi connectivity index (χ0n) is 14.6. The Kier molecular flexibility index (Phi) is 2.89. The van der Waals surface area contributed by atoms with Crippen molar-refractivity contribution in [2.24, 2.45) is 0 Å². The highest BCUT2D eigenvalue weighted by atomic mass is 32.1. The summed E-state index contributed by atoms with van der Waals surface area (Å²) >= 11 is 1.22. The first-order valence-electron chi connectivity index (χ1n) is 8.77. The molecule has 0 unspecified atom stereocenters. The largest absolute Gasteiger partial charge is 0.484 e. The van der Waals surface area contributed by atoms with Crippen molar-refractivity contribution in [1.29, 1.82) is 0 Å². The Balaban J connectivity index is 1.74. The number of nitrogen functional groups attached to an aromatic ring is 1. The molecule has 0 fully saturated rings. The van der Waals surface area contributed by atoms with Crippen molar-refractivity contribution in [2.45, 2.75) is 20.1 Å². The fourth-order valence-corrected chi connectivity index (χ4v) is 4.66. The van der Waals surface area contributed by atoms with Crippen molar-refractivity contribution >= 4 is 28.4 Å². The lowest BCUT2D eigenvalue weighted by Crippen LogP contribution is -2.12. The van der Waals surface area contributed by atoms with Gasteiger partial charge in [0, 0.05) is 5.69 Å². The highest BCUT2D eigenvalue weighted by molar-refractivity contribution is 7.00. The van der Waals surface area contributed by atoms with E-state index >= 15 is 0 Å². The average molecular weight is 373 g/mol. The van der Waals surface area contributed by atoms with Crippen LogP contribution < -0.4 is 15.2 Å². The zero-order chi connectivity index (χ0) is 18.1. The summed E-state index contributed by atoms with van der Waals surface area (Å²) in [4.78, 5) is 0. The molecule has 2 aliphatic heterocycles. The molecule has 0 aliphatic carbocycles. The maximum absolute atomic E-state index is 6.21. The fourth-order valence-electron chi connectivity index (χ4n) is 4.10. The van der Waals surface area contributed by atoms with Gasteiger partial charge in [-0.25, -0.2) is 0 Å². The first-order valence-corrected chi connectivity index (χ1v) is 9.50. The lowest BCUT2D eigenvalue weighted by molar-refractivity contribution is 0.252. The van der Waals surface area contributed by atoms with Crippen LogP contribution >= 0.6 is 11.7 Å². The van der Waals surface area contributed by atoms with Gasteiger partial charge in [0.2, 0.25) is 0 Å². The highest BCUT2D eigenvalue weighted by Gasteiger charge is 2.33. The Bertz CT molecular complexity index is 1170. The maximum atomic E-state index is 6.21. The predicted octanol–water partition coefficient (Wildman–Crippen LogP) is 4.70. The molecule has 0 spiro atoms. The van der Waals surface area contributed by atoms with Crippen molar-refractivity contribution in [3.05, 3.63) is 53.1 Å². The Labute approximate surface area is 159 Å². The van der Waals surface area contributed by atoms with Gasteiger partial charge in [0.1, 0.15) is 24.2 Å². The van der Waals surface area contributed by atoms with E-state index in [1.54, 1.807) is 0 Å². The zero-order valence-corrected chi connectivity index (χ0v) is 15.4. The quantitative estimate of drug-likeness (QED) is 0.452. The van der Waals surface area contributed by atoms with Crippen LogP contribution in [-0.4, -0.2) is 8.75 Å². The summed E-state index contributed by atoms with van der Waals surface area (Å²) in [5, 5.41) is 0. The van der Waals surface area contributed by atoms with Gasteiger partial charge in [-0.1, -0.05) is 29.8 Å². The summed E-state index contributed by atoms with van der Waals surface area (Å²) in [6.45, 7) is 3.08. The molecule has 27 heavy (non-hydrogen) atoms. The summed E-state index contributed by atoms with van der Waals surface area (Å²) in [6, 6.07) is 12.4. The smallest absolute Gasteiger partial charge is 0.172 e. The van der Waals surface area contributed by atoms with Crippen LogP contribution in [0, 0.1) is 6.92 Å². The van der Waals surface area contributed by atoms with Crippen LogP contribution in [0.2, 0.25) is 0 Å². The molecule has 132 valence electrons. The molecule has 3 heterocycles. The molecule has 0 radical (unpaired) electrons. The van der Waals surface area contributed by atoms with Crippen molar-refractivity contribution in [3.8, 4) is 33.8 Å². The predicted molar refractivity (Wildman–Crippen MR) is 106 cm³/mol. The molecule has 2 aliphatic rings. The molecule has 5 nitrogen and oxygen atoms in total. The molecular formula is C21H15N3O2S. The first kappa shape index (κ1) is 15.0. The number of aromatic nitrogens is 2. The fraction of sp³-hybridized carbons (Fsp3) is 0.143. The monoisotopic (exact) mass is 373 g/mol. The molecule has 6 heteroatoms. The minimum atomic E-state index is 0.465. The SMILES string of the molecule is Cc1ccc2c(c1)COc1c3c(c4nsnc4c1-2)-c1ccc(N)cc1CO3. The second-order valence-electron chi connectivity index (χ2n) is 7.02. The number of benzene rings is 3. The standard InChI is InChI=1S/C21H15N3O2S/c1-10-2-4-14-11(6-10)8-25-20-16(14)18-19(24-27-23-18)17-15-5-3-13(22)7-12(15)9-26-21(17)20/h2-7H,8-9,22H2,1H3. The number of rotatable bonds is 0. The molecule has 0 atom stereocenters. The normalized spacial score (nSPS) is 13.8. The topological polar surface area (TPSA) is 70.3 Å². The van der Waals surface area contributed by atoms with Crippen LogP contribution in [0.4, 0.5) is 5.69 Å². The average Bonchev–Trinajstić information content (AvgIpc) is 3.16. The van der Waals surface area contributed by atoms with Gasteiger partial charge in [0.15, 0.2) is 11.5 Å². The minimum absolute atomic E-state index is 0.465. The molecule has 4 aromatic rings.